The van der Waals surface area contributed by atoms with Crippen LogP contribution in [0.25, 0.3) is 0 Å². The van der Waals surface area contributed by atoms with E-state index < -0.39 is 0 Å². The predicted molar refractivity (Wildman–Crippen MR) is 101 cm³/mol. The summed E-state index contributed by atoms with van der Waals surface area (Å²) in [5, 5.41) is 11.9. The second kappa shape index (κ2) is 7.83. The minimum atomic E-state index is -0.133. The molecule has 3 aromatic heterocycles. The average molecular weight is 421 g/mol. The SMILES string of the molecule is Cn1cccc1Cc1nnc(SCC(=O)Nc2ccc(Br)cn2)n1C. The number of carbonyl (C=O) groups excluding carboxylic acids is 1. The number of thioether (sulfide) groups is 1. The van der Waals surface area contributed by atoms with Crippen molar-refractivity contribution in [3.63, 3.8) is 0 Å². The summed E-state index contributed by atoms with van der Waals surface area (Å²) in [5.74, 6) is 1.50. The van der Waals surface area contributed by atoms with Crippen molar-refractivity contribution in [2.75, 3.05) is 11.1 Å². The van der Waals surface area contributed by atoms with Crippen LogP contribution in [0.15, 0.2) is 46.3 Å². The highest BCUT2D eigenvalue weighted by molar-refractivity contribution is 9.10. The summed E-state index contributed by atoms with van der Waals surface area (Å²) in [5.41, 5.74) is 1.16. The summed E-state index contributed by atoms with van der Waals surface area (Å²) < 4.78 is 4.84. The van der Waals surface area contributed by atoms with Crippen molar-refractivity contribution in [2.24, 2.45) is 14.1 Å². The van der Waals surface area contributed by atoms with E-state index >= 15 is 0 Å². The van der Waals surface area contributed by atoms with Gasteiger partial charge in [0.1, 0.15) is 11.6 Å². The number of hydrogen-bond acceptors (Lipinski definition) is 5. The molecule has 7 nitrogen and oxygen atoms in total. The molecule has 0 unspecified atom stereocenters. The Morgan fingerprint density at radius 1 is 1.28 bits per heavy atom. The van der Waals surface area contributed by atoms with Gasteiger partial charge in [-0.1, -0.05) is 11.8 Å². The van der Waals surface area contributed by atoms with Gasteiger partial charge in [0.25, 0.3) is 0 Å². The van der Waals surface area contributed by atoms with Gasteiger partial charge < -0.3 is 14.5 Å². The number of pyridine rings is 1. The topological polar surface area (TPSA) is 77.6 Å². The summed E-state index contributed by atoms with van der Waals surface area (Å²) in [6.07, 6.45) is 4.34. The van der Waals surface area contributed by atoms with Gasteiger partial charge in [0.15, 0.2) is 5.16 Å². The van der Waals surface area contributed by atoms with Crippen LogP contribution in [0.1, 0.15) is 11.5 Å². The number of hydrogen-bond donors (Lipinski definition) is 1. The second-order valence-electron chi connectivity index (χ2n) is 5.44. The first-order valence-electron chi connectivity index (χ1n) is 7.55. The Bertz CT molecular complexity index is 873. The molecule has 0 saturated carbocycles. The largest absolute Gasteiger partial charge is 0.354 e. The first-order valence-corrected chi connectivity index (χ1v) is 9.33. The fraction of sp³-hybridized carbons (Fsp3) is 0.250. The molecule has 1 amide bonds. The summed E-state index contributed by atoms with van der Waals surface area (Å²) >= 11 is 4.66. The summed E-state index contributed by atoms with van der Waals surface area (Å²) in [6.45, 7) is 0. The fourth-order valence-corrected chi connectivity index (χ4v) is 3.19. The Hall–Kier alpha value is -2.13. The van der Waals surface area contributed by atoms with Gasteiger partial charge in [0.05, 0.1) is 5.75 Å². The number of nitrogens with one attached hydrogen (secondary N) is 1. The first-order chi connectivity index (χ1) is 12.0. The smallest absolute Gasteiger partial charge is 0.236 e. The van der Waals surface area contributed by atoms with Crippen LogP contribution in [0.2, 0.25) is 0 Å². The minimum Gasteiger partial charge on any atom is -0.354 e. The Labute approximate surface area is 158 Å². The van der Waals surface area contributed by atoms with Gasteiger partial charge in [0, 0.05) is 43.1 Å². The lowest BCUT2D eigenvalue weighted by Crippen LogP contribution is -2.15. The molecule has 3 heterocycles. The van der Waals surface area contributed by atoms with Crippen LogP contribution in [-0.4, -0.2) is 36.0 Å². The van der Waals surface area contributed by atoms with Crippen LogP contribution >= 0.6 is 27.7 Å². The van der Waals surface area contributed by atoms with Crippen molar-refractivity contribution >= 4 is 39.4 Å². The quantitative estimate of drug-likeness (QED) is 0.620. The molecule has 0 spiro atoms. The zero-order valence-electron chi connectivity index (χ0n) is 13.8. The highest BCUT2D eigenvalue weighted by Crippen LogP contribution is 2.18. The van der Waals surface area contributed by atoms with Crippen molar-refractivity contribution in [2.45, 2.75) is 11.6 Å². The maximum atomic E-state index is 12.0. The molecule has 0 aliphatic carbocycles. The van der Waals surface area contributed by atoms with Crippen molar-refractivity contribution in [3.8, 4) is 0 Å². The number of amides is 1. The lowest BCUT2D eigenvalue weighted by molar-refractivity contribution is -0.113. The lowest BCUT2D eigenvalue weighted by Gasteiger charge is -2.06. The van der Waals surface area contributed by atoms with Gasteiger partial charge in [-0.25, -0.2) is 4.98 Å². The van der Waals surface area contributed by atoms with E-state index in [9.17, 15) is 4.79 Å². The number of aromatic nitrogens is 5. The number of aryl methyl sites for hydroxylation is 1. The number of rotatable bonds is 6. The van der Waals surface area contributed by atoms with Crippen molar-refractivity contribution in [1.29, 1.82) is 0 Å². The Morgan fingerprint density at radius 2 is 2.12 bits per heavy atom. The van der Waals surface area contributed by atoms with Crippen LogP contribution in [0, 0.1) is 0 Å². The predicted octanol–water partition coefficient (Wildman–Crippen LogP) is 2.63. The second-order valence-corrected chi connectivity index (χ2v) is 7.30. The molecular formula is C16H17BrN6OS. The molecule has 3 aromatic rings. The highest BCUT2D eigenvalue weighted by Gasteiger charge is 2.13. The zero-order valence-corrected chi connectivity index (χ0v) is 16.2. The molecule has 0 fully saturated rings. The van der Waals surface area contributed by atoms with E-state index in [4.69, 9.17) is 0 Å². The molecule has 9 heteroatoms. The normalized spacial score (nSPS) is 10.8. The number of halogens is 1. The van der Waals surface area contributed by atoms with Gasteiger partial charge in [-0.15, -0.1) is 10.2 Å². The number of nitrogens with zero attached hydrogens (tertiary/aromatic N) is 5. The summed E-state index contributed by atoms with van der Waals surface area (Å²) in [7, 11) is 3.91. The van der Waals surface area contributed by atoms with Gasteiger partial charge >= 0.3 is 0 Å². The first kappa shape index (κ1) is 17.7. The third kappa shape index (κ3) is 4.49. The standard InChI is InChI=1S/C16H17BrN6OS/c1-22-7-3-4-12(22)8-14-20-21-16(23(14)2)25-10-15(24)19-13-6-5-11(17)9-18-13/h3-7,9H,8,10H2,1-2H3,(H,18,19,24). The van der Waals surface area contributed by atoms with Gasteiger partial charge in [-0.3, -0.25) is 4.79 Å². The van der Waals surface area contributed by atoms with Gasteiger partial charge in [-0.05, 0) is 40.2 Å². The molecule has 1 N–H and O–H groups in total. The van der Waals surface area contributed by atoms with E-state index in [1.807, 2.05) is 37.0 Å². The van der Waals surface area contributed by atoms with Crippen molar-refractivity contribution < 1.29 is 4.79 Å². The van der Waals surface area contributed by atoms with Crippen LogP contribution in [-0.2, 0) is 25.3 Å². The molecule has 0 atom stereocenters. The number of carbonyl (C=O) groups is 1. The third-order valence-corrected chi connectivity index (χ3v) is 5.13. The fourth-order valence-electron chi connectivity index (χ4n) is 2.23. The van der Waals surface area contributed by atoms with E-state index in [-0.39, 0.29) is 11.7 Å². The Kier molecular flexibility index (Phi) is 5.54. The maximum Gasteiger partial charge on any atom is 0.236 e. The highest BCUT2D eigenvalue weighted by atomic mass is 79.9. The molecule has 0 aromatic carbocycles. The summed E-state index contributed by atoms with van der Waals surface area (Å²) in [6, 6.07) is 7.63. The molecule has 0 radical (unpaired) electrons. The molecular weight excluding hydrogens is 404 g/mol. The van der Waals surface area contributed by atoms with Crippen molar-refractivity contribution in [3.05, 3.63) is 52.7 Å². The third-order valence-electron chi connectivity index (χ3n) is 3.64. The molecule has 0 aliphatic rings. The van der Waals surface area contributed by atoms with Crippen LogP contribution < -0.4 is 5.32 Å². The van der Waals surface area contributed by atoms with E-state index in [0.29, 0.717) is 17.4 Å². The summed E-state index contributed by atoms with van der Waals surface area (Å²) in [4.78, 5) is 16.2. The molecule has 3 rings (SSSR count). The van der Waals surface area contributed by atoms with Crippen LogP contribution in [0.4, 0.5) is 5.82 Å². The lowest BCUT2D eigenvalue weighted by atomic mass is 10.3. The molecule has 0 saturated heterocycles. The van der Waals surface area contributed by atoms with Crippen LogP contribution in [0.5, 0.6) is 0 Å². The van der Waals surface area contributed by atoms with Gasteiger partial charge in [0.2, 0.25) is 5.91 Å². The van der Waals surface area contributed by atoms with E-state index in [0.717, 1.165) is 16.0 Å². The Balaban J connectivity index is 1.57. The number of anilines is 1. The molecule has 0 bridgehead atoms. The van der Waals surface area contributed by atoms with Gasteiger partial charge in [-0.2, -0.15) is 0 Å². The van der Waals surface area contributed by atoms with E-state index in [1.165, 1.54) is 11.8 Å². The van der Waals surface area contributed by atoms with Crippen LogP contribution in [0.3, 0.4) is 0 Å². The zero-order chi connectivity index (χ0) is 17.8. The molecule has 130 valence electrons. The van der Waals surface area contributed by atoms with E-state index in [2.05, 4.69) is 47.1 Å². The maximum absolute atomic E-state index is 12.0. The molecule has 25 heavy (non-hydrogen) atoms. The van der Waals surface area contributed by atoms with Crippen molar-refractivity contribution in [1.82, 2.24) is 24.3 Å². The molecule has 0 aliphatic heterocycles. The van der Waals surface area contributed by atoms with E-state index in [1.54, 1.807) is 12.3 Å². The minimum absolute atomic E-state index is 0.133. The average Bonchev–Trinajstić information content (AvgIpc) is 3.15. The monoisotopic (exact) mass is 420 g/mol. The Morgan fingerprint density at radius 3 is 2.80 bits per heavy atom.